The Bertz CT molecular complexity index is 1380. The Hall–Kier alpha value is -4.43. The molecule has 30 heavy (non-hydrogen) atoms. The normalized spacial score (nSPS) is 11.2. The fourth-order valence-corrected chi connectivity index (χ4v) is 3.37. The molecular formula is C25H16N2O3. The molecule has 0 fully saturated rings. The average Bonchev–Trinajstić information content (AvgIpc) is 2.77. The summed E-state index contributed by atoms with van der Waals surface area (Å²) in [5, 5.41) is 12.6. The second kappa shape index (κ2) is 7.90. The average molecular weight is 392 g/mol. The van der Waals surface area contributed by atoms with E-state index in [9.17, 15) is 14.9 Å². The molecule has 0 aliphatic rings. The van der Waals surface area contributed by atoms with Gasteiger partial charge in [0.05, 0.1) is 5.56 Å². The largest absolute Gasteiger partial charge is 0.422 e. The van der Waals surface area contributed by atoms with Gasteiger partial charge in [0.2, 0.25) is 0 Å². The molecule has 0 aliphatic carbocycles. The maximum atomic E-state index is 13.0. The van der Waals surface area contributed by atoms with E-state index in [4.69, 9.17) is 10.5 Å². The quantitative estimate of drug-likeness (QED) is 0.238. The van der Waals surface area contributed by atoms with E-state index in [0.717, 1.165) is 21.5 Å². The Kier molecular flexibility index (Phi) is 4.98. The summed E-state index contributed by atoms with van der Waals surface area (Å²) in [6, 6.07) is 25.6. The predicted molar refractivity (Wildman–Crippen MR) is 116 cm³/mol. The molecule has 0 aliphatic heterocycles. The van der Waals surface area contributed by atoms with Crippen LogP contribution in [-0.4, -0.2) is 11.9 Å². The number of carbonyl (C=O) groups excluding carboxylic acids is 2. The molecule has 5 heteroatoms. The number of carbonyl (C=O) groups is 2. The lowest BCUT2D eigenvalue weighted by atomic mass is 10.0. The van der Waals surface area contributed by atoms with E-state index < -0.39 is 11.9 Å². The van der Waals surface area contributed by atoms with E-state index in [1.54, 1.807) is 24.3 Å². The molecule has 5 nitrogen and oxygen atoms in total. The van der Waals surface area contributed by atoms with E-state index in [1.807, 2.05) is 60.7 Å². The number of hydrogen-bond acceptors (Lipinski definition) is 4. The molecule has 0 radical (unpaired) electrons. The van der Waals surface area contributed by atoms with Gasteiger partial charge >= 0.3 is 5.97 Å². The molecule has 4 rings (SSSR count). The van der Waals surface area contributed by atoms with Crippen molar-refractivity contribution >= 4 is 39.5 Å². The third-order valence-electron chi connectivity index (χ3n) is 4.82. The van der Waals surface area contributed by atoms with Gasteiger partial charge < -0.3 is 10.5 Å². The highest BCUT2D eigenvalue weighted by Crippen LogP contribution is 2.31. The number of ether oxygens (including phenoxy) is 1. The minimum atomic E-state index is -0.850. The summed E-state index contributed by atoms with van der Waals surface area (Å²) in [7, 11) is 0. The number of nitrogens with two attached hydrogens (primary N) is 1. The van der Waals surface area contributed by atoms with Crippen molar-refractivity contribution in [1.29, 1.82) is 5.26 Å². The molecule has 0 heterocycles. The highest BCUT2D eigenvalue weighted by molar-refractivity contribution is 6.07. The van der Waals surface area contributed by atoms with Crippen molar-refractivity contribution in [3.8, 4) is 11.8 Å². The highest BCUT2D eigenvalue weighted by atomic mass is 16.5. The molecule has 0 saturated carbocycles. The van der Waals surface area contributed by atoms with Crippen molar-refractivity contribution in [3.63, 3.8) is 0 Å². The van der Waals surface area contributed by atoms with E-state index in [0.29, 0.717) is 11.1 Å². The van der Waals surface area contributed by atoms with Crippen LogP contribution >= 0.6 is 0 Å². The van der Waals surface area contributed by atoms with Crippen LogP contribution in [0.3, 0.4) is 0 Å². The smallest absolute Gasteiger partial charge is 0.344 e. The standard InChI is InChI=1S/C25H16N2O3/c26-15-18(24(27)28)14-22-20-10-4-2-7-17(20)12-13-23(22)30-25(29)21-11-5-8-16-6-1-3-9-19(16)21/h1-14H,(H2,27,28)/b18-14+. The maximum Gasteiger partial charge on any atom is 0.344 e. The molecule has 2 N–H and O–H groups in total. The minimum absolute atomic E-state index is 0.228. The first-order valence-corrected chi connectivity index (χ1v) is 9.22. The summed E-state index contributed by atoms with van der Waals surface area (Å²) in [6.07, 6.45) is 1.36. The van der Waals surface area contributed by atoms with Gasteiger partial charge in [-0.05, 0) is 39.8 Å². The molecule has 0 spiro atoms. The maximum absolute atomic E-state index is 13.0. The molecule has 4 aromatic carbocycles. The van der Waals surface area contributed by atoms with E-state index >= 15 is 0 Å². The van der Waals surface area contributed by atoms with E-state index in [1.165, 1.54) is 6.08 Å². The lowest BCUT2D eigenvalue weighted by Gasteiger charge is -2.12. The highest BCUT2D eigenvalue weighted by Gasteiger charge is 2.16. The number of nitrogens with zero attached hydrogens (tertiary/aromatic N) is 1. The number of nitriles is 1. The van der Waals surface area contributed by atoms with Crippen LogP contribution in [0.5, 0.6) is 5.75 Å². The predicted octanol–water partition coefficient (Wildman–Crippen LogP) is 4.60. The molecule has 0 bridgehead atoms. The van der Waals surface area contributed by atoms with Crippen LogP contribution in [0.4, 0.5) is 0 Å². The minimum Gasteiger partial charge on any atom is -0.422 e. The Morgan fingerprint density at radius 1 is 0.833 bits per heavy atom. The summed E-state index contributed by atoms with van der Waals surface area (Å²) in [6.45, 7) is 0. The zero-order valence-electron chi connectivity index (χ0n) is 15.8. The van der Waals surface area contributed by atoms with Crippen LogP contribution in [0.15, 0.2) is 84.4 Å². The zero-order valence-corrected chi connectivity index (χ0v) is 15.8. The number of fused-ring (bicyclic) bond motifs is 2. The van der Waals surface area contributed by atoms with Gasteiger partial charge in [0.1, 0.15) is 17.4 Å². The molecular weight excluding hydrogens is 376 g/mol. The van der Waals surface area contributed by atoms with Crippen LogP contribution in [-0.2, 0) is 4.79 Å². The topological polar surface area (TPSA) is 93.2 Å². The molecule has 0 saturated heterocycles. The fourth-order valence-electron chi connectivity index (χ4n) is 3.37. The zero-order chi connectivity index (χ0) is 21.1. The van der Waals surface area contributed by atoms with Gasteiger partial charge in [0.25, 0.3) is 5.91 Å². The lowest BCUT2D eigenvalue weighted by Crippen LogP contribution is -2.13. The van der Waals surface area contributed by atoms with Crippen LogP contribution < -0.4 is 10.5 Å². The van der Waals surface area contributed by atoms with Crippen LogP contribution in [0.1, 0.15) is 15.9 Å². The van der Waals surface area contributed by atoms with Crippen LogP contribution in [0.25, 0.3) is 27.6 Å². The SMILES string of the molecule is N#C/C(=C\c1c(OC(=O)c2cccc3ccccc23)ccc2ccccc12)C(N)=O. The van der Waals surface area contributed by atoms with E-state index in [2.05, 4.69) is 0 Å². The Balaban J connectivity index is 1.85. The van der Waals surface area contributed by atoms with Gasteiger partial charge in [-0.1, -0.05) is 66.7 Å². The molecule has 0 unspecified atom stereocenters. The first kappa shape index (κ1) is 18.9. The molecule has 144 valence electrons. The van der Waals surface area contributed by atoms with Gasteiger partial charge in [-0.25, -0.2) is 4.79 Å². The van der Waals surface area contributed by atoms with Gasteiger partial charge in [0, 0.05) is 5.56 Å². The van der Waals surface area contributed by atoms with Gasteiger partial charge in [-0.3, -0.25) is 4.79 Å². The first-order valence-electron chi connectivity index (χ1n) is 9.22. The van der Waals surface area contributed by atoms with E-state index in [-0.39, 0.29) is 11.3 Å². The Morgan fingerprint density at radius 2 is 1.47 bits per heavy atom. The molecule has 4 aromatic rings. The second-order valence-electron chi connectivity index (χ2n) is 6.65. The summed E-state index contributed by atoms with van der Waals surface area (Å²) in [5.41, 5.74) is 5.94. The number of rotatable bonds is 4. The molecule has 0 aromatic heterocycles. The van der Waals surface area contributed by atoms with Crippen molar-refractivity contribution in [2.45, 2.75) is 0 Å². The van der Waals surface area contributed by atoms with Crippen molar-refractivity contribution in [1.82, 2.24) is 0 Å². The summed E-state index contributed by atoms with van der Waals surface area (Å²) < 4.78 is 5.73. The monoisotopic (exact) mass is 392 g/mol. The Morgan fingerprint density at radius 3 is 2.17 bits per heavy atom. The van der Waals surface area contributed by atoms with Crippen molar-refractivity contribution in [3.05, 3.63) is 95.6 Å². The summed E-state index contributed by atoms with van der Waals surface area (Å²) in [5.74, 6) is -1.15. The second-order valence-corrected chi connectivity index (χ2v) is 6.65. The Labute approximate surface area is 172 Å². The number of primary amides is 1. The fraction of sp³-hybridized carbons (Fsp3) is 0. The van der Waals surface area contributed by atoms with Crippen LogP contribution in [0, 0.1) is 11.3 Å². The third-order valence-corrected chi connectivity index (χ3v) is 4.82. The number of esters is 1. The van der Waals surface area contributed by atoms with Gasteiger partial charge in [-0.15, -0.1) is 0 Å². The van der Waals surface area contributed by atoms with Crippen LogP contribution in [0.2, 0.25) is 0 Å². The number of benzene rings is 4. The number of hydrogen-bond donors (Lipinski definition) is 1. The van der Waals surface area contributed by atoms with Crippen molar-refractivity contribution in [2.75, 3.05) is 0 Å². The third kappa shape index (κ3) is 3.50. The van der Waals surface area contributed by atoms with Crippen molar-refractivity contribution < 1.29 is 14.3 Å². The van der Waals surface area contributed by atoms with Gasteiger partial charge in [-0.2, -0.15) is 5.26 Å². The van der Waals surface area contributed by atoms with Gasteiger partial charge in [0.15, 0.2) is 0 Å². The first-order chi connectivity index (χ1) is 14.6. The summed E-state index contributed by atoms with van der Waals surface area (Å²) in [4.78, 5) is 24.6. The number of amides is 1. The lowest BCUT2D eigenvalue weighted by molar-refractivity contribution is -0.114. The van der Waals surface area contributed by atoms with Crippen molar-refractivity contribution in [2.24, 2.45) is 5.73 Å². The molecule has 1 amide bonds. The molecule has 0 atom stereocenters. The summed E-state index contributed by atoms with van der Waals surface area (Å²) >= 11 is 0.